The molecule has 9 heteroatoms. The molecule has 116 valence electrons. The predicted molar refractivity (Wildman–Crippen MR) is 85.2 cm³/mol. The van der Waals surface area contributed by atoms with Crippen LogP contribution < -0.4 is 5.73 Å². The zero-order valence-corrected chi connectivity index (χ0v) is 13.9. The molecular weight excluding hydrogens is 333 g/mol. The van der Waals surface area contributed by atoms with Crippen molar-refractivity contribution < 1.29 is 12.8 Å². The number of thioether (sulfide) groups is 1. The van der Waals surface area contributed by atoms with E-state index in [4.69, 9.17) is 18.0 Å². The fourth-order valence-electron chi connectivity index (χ4n) is 2.32. The van der Waals surface area contributed by atoms with Gasteiger partial charge in [-0.25, -0.2) is 17.8 Å². The number of pyridine rings is 1. The van der Waals surface area contributed by atoms with E-state index in [2.05, 4.69) is 4.98 Å². The smallest absolute Gasteiger partial charge is 0.263 e. The number of sulfonamides is 1. The van der Waals surface area contributed by atoms with Crippen LogP contribution >= 0.6 is 24.0 Å². The summed E-state index contributed by atoms with van der Waals surface area (Å²) in [5, 5.41) is -0.531. The number of hydrogen-bond donors (Lipinski definition) is 1. The molecule has 0 aliphatic carbocycles. The molecule has 2 heterocycles. The van der Waals surface area contributed by atoms with Crippen molar-refractivity contribution in [2.75, 3.05) is 19.3 Å². The lowest BCUT2D eigenvalue weighted by atomic mass is 9.97. The van der Waals surface area contributed by atoms with E-state index in [9.17, 15) is 12.8 Å². The molecule has 1 fully saturated rings. The normalized spacial score (nSPS) is 19.3. The second kappa shape index (κ2) is 6.15. The fraction of sp³-hybridized carbons (Fsp3) is 0.500. The number of rotatable bonds is 4. The summed E-state index contributed by atoms with van der Waals surface area (Å²) >= 11 is 6.63. The molecule has 0 aromatic carbocycles. The highest BCUT2D eigenvalue weighted by Gasteiger charge is 2.41. The first kappa shape index (κ1) is 16.6. The second-order valence-electron chi connectivity index (χ2n) is 4.76. The maximum Gasteiger partial charge on any atom is 0.263 e. The van der Waals surface area contributed by atoms with Gasteiger partial charge in [-0.05, 0) is 31.2 Å². The molecule has 1 saturated heterocycles. The summed E-state index contributed by atoms with van der Waals surface area (Å²) in [5.74, 6) is -0.839. The first-order chi connectivity index (χ1) is 9.83. The first-order valence-corrected chi connectivity index (χ1v) is 9.36. The van der Waals surface area contributed by atoms with Crippen molar-refractivity contribution in [3.8, 4) is 0 Å². The van der Waals surface area contributed by atoms with Crippen molar-refractivity contribution >= 4 is 39.0 Å². The number of aromatic nitrogens is 1. The van der Waals surface area contributed by atoms with E-state index in [0.717, 1.165) is 6.07 Å². The molecule has 0 spiro atoms. The molecule has 1 aromatic rings. The standard InChI is InChI=1S/C12H16FN3O2S3/c1-20-12(11(14)19)4-7-16(8-5-12)21(17,18)10-9(13)3-2-6-15-10/h2-3,6H,4-5,7-8H2,1H3,(H2,14,19). The lowest BCUT2D eigenvalue weighted by Gasteiger charge is -2.39. The first-order valence-electron chi connectivity index (χ1n) is 6.29. The molecular formula is C12H16FN3O2S3. The van der Waals surface area contributed by atoms with Gasteiger partial charge in [-0.3, -0.25) is 0 Å². The van der Waals surface area contributed by atoms with Crippen molar-refractivity contribution in [2.24, 2.45) is 5.73 Å². The monoisotopic (exact) mass is 349 g/mol. The SMILES string of the molecule is CSC1(C(N)=S)CCN(S(=O)(=O)c2ncccc2F)CC1. The molecule has 0 amide bonds. The highest BCUT2D eigenvalue weighted by atomic mass is 32.2. The molecule has 0 atom stereocenters. The number of nitrogens with two attached hydrogens (primary N) is 1. The largest absolute Gasteiger partial charge is 0.392 e. The Morgan fingerprint density at radius 1 is 1.52 bits per heavy atom. The Hall–Kier alpha value is -0.770. The summed E-state index contributed by atoms with van der Waals surface area (Å²) in [4.78, 5) is 4.04. The van der Waals surface area contributed by atoms with Crippen molar-refractivity contribution in [1.29, 1.82) is 0 Å². The quantitative estimate of drug-likeness (QED) is 0.828. The van der Waals surface area contributed by atoms with Crippen LogP contribution in [0.15, 0.2) is 23.4 Å². The Kier molecular flexibility index (Phi) is 4.86. The lowest BCUT2D eigenvalue weighted by Crippen LogP contribution is -2.50. The number of nitrogens with zero attached hydrogens (tertiary/aromatic N) is 2. The molecule has 2 rings (SSSR count). The van der Waals surface area contributed by atoms with Crippen molar-refractivity contribution in [3.05, 3.63) is 24.1 Å². The molecule has 1 aliphatic heterocycles. The average Bonchev–Trinajstić information content (AvgIpc) is 2.47. The molecule has 0 saturated carbocycles. The van der Waals surface area contributed by atoms with Gasteiger partial charge in [0.15, 0.2) is 5.82 Å². The van der Waals surface area contributed by atoms with Gasteiger partial charge in [0.1, 0.15) is 0 Å². The third kappa shape index (κ3) is 3.05. The van der Waals surface area contributed by atoms with Gasteiger partial charge in [-0.2, -0.15) is 16.1 Å². The molecule has 5 nitrogen and oxygen atoms in total. The maximum absolute atomic E-state index is 13.7. The highest BCUT2D eigenvalue weighted by Crippen LogP contribution is 2.36. The molecule has 1 aromatic heterocycles. The van der Waals surface area contributed by atoms with Crippen LogP contribution in [0.3, 0.4) is 0 Å². The molecule has 21 heavy (non-hydrogen) atoms. The Morgan fingerprint density at radius 2 is 2.14 bits per heavy atom. The van der Waals surface area contributed by atoms with Crippen LogP contribution in [0.4, 0.5) is 4.39 Å². The van der Waals surface area contributed by atoms with E-state index in [-0.39, 0.29) is 17.8 Å². The number of thiocarbonyl (C=S) groups is 1. The third-order valence-corrected chi connectivity index (χ3v) is 7.44. The average molecular weight is 349 g/mol. The van der Waals surface area contributed by atoms with Crippen LogP contribution in [-0.4, -0.2) is 46.8 Å². The molecule has 1 aliphatic rings. The summed E-state index contributed by atoms with van der Waals surface area (Å²) < 4.78 is 39.4. The van der Waals surface area contributed by atoms with Crippen molar-refractivity contribution in [2.45, 2.75) is 22.6 Å². The molecule has 2 N–H and O–H groups in total. The minimum absolute atomic E-state index is 0.247. The van der Waals surface area contributed by atoms with E-state index in [0.29, 0.717) is 17.8 Å². The fourth-order valence-corrected chi connectivity index (χ4v) is 4.98. The van der Waals surface area contributed by atoms with E-state index in [1.807, 2.05) is 6.26 Å². The zero-order valence-electron chi connectivity index (χ0n) is 11.5. The minimum atomic E-state index is -3.92. The van der Waals surface area contributed by atoms with Crippen LogP contribution in [0, 0.1) is 5.82 Å². The highest BCUT2D eigenvalue weighted by molar-refractivity contribution is 8.02. The Balaban J connectivity index is 2.23. The van der Waals surface area contributed by atoms with Gasteiger partial charge in [0.2, 0.25) is 5.03 Å². The maximum atomic E-state index is 13.7. The minimum Gasteiger partial charge on any atom is -0.392 e. The van der Waals surface area contributed by atoms with Crippen molar-refractivity contribution in [1.82, 2.24) is 9.29 Å². The van der Waals surface area contributed by atoms with Gasteiger partial charge in [0.05, 0.1) is 9.74 Å². The van der Waals surface area contributed by atoms with Gasteiger partial charge in [-0.1, -0.05) is 12.2 Å². The third-order valence-electron chi connectivity index (χ3n) is 3.68. The predicted octanol–water partition coefficient (Wildman–Crippen LogP) is 1.39. The summed E-state index contributed by atoms with van der Waals surface area (Å²) in [6, 6.07) is 2.45. The topological polar surface area (TPSA) is 76.3 Å². The Labute approximate surface area is 133 Å². The van der Waals surface area contributed by atoms with E-state index in [1.165, 1.54) is 28.3 Å². The van der Waals surface area contributed by atoms with E-state index in [1.54, 1.807) is 0 Å². The van der Waals surface area contributed by atoms with E-state index < -0.39 is 20.9 Å². The number of piperidine rings is 1. The summed E-state index contributed by atoms with van der Waals surface area (Å²) in [6.45, 7) is 0.493. The van der Waals surface area contributed by atoms with Crippen LogP contribution in [0.5, 0.6) is 0 Å². The van der Waals surface area contributed by atoms with Gasteiger partial charge >= 0.3 is 0 Å². The Morgan fingerprint density at radius 3 is 2.62 bits per heavy atom. The zero-order chi connectivity index (χ0) is 15.7. The van der Waals surface area contributed by atoms with Crippen LogP contribution in [-0.2, 0) is 10.0 Å². The number of hydrogen-bond acceptors (Lipinski definition) is 5. The Bertz CT molecular complexity index is 643. The molecule has 0 bridgehead atoms. The van der Waals surface area contributed by atoms with Gasteiger partial charge in [-0.15, -0.1) is 0 Å². The summed E-state index contributed by atoms with van der Waals surface area (Å²) in [7, 11) is -3.92. The summed E-state index contributed by atoms with van der Waals surface area (Å²) in [5.41, 5.74) is 5.77. The number of halogens is 1. The summed E-state index contributed by atoms with van der Waals surface area (Å²) in [6.07, 6.45) is 4.19. The van der Waals surface area contributed by atoms with Crippen LogP contribution in [0.1, 0.15) is 12.8 Å². The van der Waals surface area contributed by atoms with Gasteiger partial charge in [0.25, 0.3) is 10.0 Å². The van der Waals surface area contributed by atoms with E-state index >= 15 is 0 Å². The molecule has 0 unspecified atom stereocenters. The van der Waals surface area contributed by atoms with Crippen LogP contribution in [0.25, 0.3) is 0 Å². The second-order valence-corrected chi connectivity index (χ2v) is 8.24. The van der Waals surface area contributed by atoms with Crippen LogP contribution in [0.2, 0.25) is 0 Å². The van der Waals surface area contributed by atoms with Crippen molar-refractivity contribution in [3.63, 3.8) is 0 Å². The molecule has 0 radical (unpaired) electrons. The van der Waals surface area contributed by atoms with Gasteiger partial charge in [0, 0.05) is 19.3 Å². The van der Waals surface area contributed by atoms with Gasteiger partial charge < -0.3 is 5.73 Å². The lowest BCUT2D eigenvalue weighted by molar-refractivity contribution is 0.330.